The summed E-state index contributed by atoms with van der Waals surface area (Å²) in [5.41, 5.74) is -0.370. The summed E-state index contributed by atoms with van der Waals surface area (Å²) in [4.78, 5) is 13.3. The number of hydrogen-bond donors (Lipinski definition) is 0. The fourth-order valence-corrected chi connectivity index (χ4v) is 1.43. The third-order valence-electron chi connectivity index (χ3n) is 2.24. The van der Waals surface area contributed by atoms with Crippen LogP contribution < -0.4 is 0 Å². The first-order valence-electron chi connectivity index (χ1n) is 4.93. The highest BCUT2D eigenvalue weighted by atomic mass is 16.6. The fourth-order valence-electron chi connectivity index (χ4n) is 1.43. The number of rotatable bonds is 1. The molecule has 1 rings (SSSR count). The first kappa shape index (κ1) is 10.4. The van der Waals surface area contributed by atoms with Crippen molar-refractivity contribution in [1.82, 2.24) is 4.90 Å². The van der Waals surface area contributed by atoms with Gasteiger partial charge in [0.15, 0.2) is 0 Å². The van der Waals surface area contributed by atoms with Crippen LogP contribution in [0.4, 0.5) is 4.79 Å². The van der Waals surface area contributed by atoms with Crippen LogP contribution in [0.3, 0.4) is 0 Å². The molecule has 1 fully saturated rings. The van der Waals surface area contributed by atoms with E-state index in [1.165, 1.54) is 0 Å². The van der Waals surface area contributed by atoms with Gasteiger partial charge in [0, 0.05) is 12.6 Å². The molecular weight excluding hydrogens is 166 g/mol. The van der Waals surface area contributed by atoms with Crippen LogP contribution in [0.1, 0.15) is 40.5 Å². The number of nitrogens with zero attached hydrogens (tertiary/aromatic N) is 1. The highest BCUT2D eigenvalue weighted by Gasteiger charge is 2.33. The van der Waals surface area contributed by atoms with E-state index in [4.69, 9.17) is 4.74 Å². The van der Waals surface area contributed by atoms with E-state index in [9.17, 15) is 4.79 Å². The smallest absolute Gasteiger partial charge is 0.410 e. The third-order valence-corrected chi connectivity index (χ3v) is 2.24. The van der Waals surface area contributed by atoms with Crippen molar-refractivity contribution in [2.24, 2.45) is 0 Å². The van der Waals surface area contributed by atoms with Crippen LogP contribution in [0, 0.1) is 0 Å². The molecule has 0 aliphatic carbocycles. The van der Waals surface area contributed by atoms with Crippen LogP contribution in [0.5, 0.6) is 0 Å². The van der Waals surface area contributed by atoms with Crippen molar-refractivity contribution in [1.29, 1.82) is 0 Å². The topological polar surface area (TPSA) is 29.5 Å². The fraction of sp³-hybridized carbons (Fsp3) is 0.900. The van der Waals surface area contributed by atoms with E-state index in [0.717, 1.165) is 19.4 Å². The van der Waals surface area contributed by atoms with Crippen LogP contribution in [-0.2, 0) is 4.74 Å². The molecular formula is C10H19NO2. The minimum atomic E-state index is -0.370. The van der Waals surface area contributed by atoms with Gasteiger partial charge < -0.3 is 9.64 Å². The van der Waals surface area contributed by atoms with Crippen molar-refractivity contribution >= 4 is 6.09 Å². The number of carbonyl (C=O) groups is 1. The zero-order chi connectivity index (χ0) is 10.1. The Kier molecular flexibility index (Phi) is 2.84. The SMILES string of the molecule is CCC1CCN1C(=O)OC(C)(C)C. The molecule has 0 radical (unpaired) electrons. The molecule has 1 aliphatic rings. The number of carbonyl (C=O) groups excluding carboxylic acids is 1. The van der Waals surface area contributed by atoms with E-state index >= 15 is 0 Å². The molecule has 76 valence electrons. The van der Waals surface area contributed by atoms with Gasteiger partial charge in [0.05, 0.1) is 0 Å². The van der Waals surface area contributed by atoms with E-state index in [0.29, 0.717) is 6.04 Å². The summed E-state index contributed by atoms with van der Waals surface area (Å²) in [6, 6.07) is 0.412. The molecule has 3 heteroatoms. The van der Waals surface area contributed by atoms with E-state index in [1.807, 2.05) is 25.7 Å². The van der Waals surface area contributed by atoms with Gasteiger partial charge in [-0.05, 0) is 33.6 Å². The Bertz CT molecular complexity index is 194. The molecule has 1 aliphatic heterocycles. The van der Waals surface area contributed by atoms with E-state index < -0.39 is 0 Å². The molecule has 0 saturated carbocycles. The van der Waals surface area contributed by atoms with Gasteiger partial charge >= 0.3 is 6.09 Å². The molecule has 0 spiro atoms. The molecule has 0 aromatic carbocycles. The second kappa shape index (κ2) is 3.56. The monoisotopic (exact) mass is 185 g/mol. The lowest BCUT2D eigenvalue weighted by Crippen LogP contribution is -2.52. The van der Waals surface area contributed by atoms with Crippen LogP contribution in [0.15, 0.2) is 0 Å². The normalized spacial score (nSPS) is 22.5. The molecule has 1 amide bonds. The van der Waals surface area contributed by atoms with Crippen molar-refractivity contribution in [3.05, 3.63) is 0 Å². The van der Waals surface area contributed by atoms with E-state index in [1.54, 1.807) is 0 Å². The zero-order valence-electron chi connectivity index (χ0n) is 8.96. The molecule has 1 heterocycles. The van der Waals surface area contributed by atoms with Crippen LogP contribution >= 0.6 is 0 Å². The maximum atomic E-state index is 11.5. The van der Waals surface area contributed by atoms with Gasteiger partial charge in [0.2, 0.25) is 0 Å². The Morgan fingerprint density at radius 1 is 1.54 bits per heavy atom. The number of ether oxygens (including phenoxy) is 1. The summed E-state index contributed by atoms with van der Waals surface area (Å²) in [6.45, 7) is 8.64. The molecule has 3 nitrogen and oxygen atoms in total. The lowest BCUT2D eigenvalue weighted by atomic mass is 10.0. The Hall–Kier alpha value is -0.730. The maximum absolute atomic E-state index is 11.5. The predicted molar refractivity (Wildman–Crippen MR) is 51.6 cm³/mol. The standard InChI is InChI=1S/C10H19NO2/c1-5-8-6-7-11(8)9(12)13-10(2,3)4/h8H,5-7H2,1-4H3. The highest BCUT2D eigenvalue weighted by molar-refractivity contribution is 5.69. The van der Waals surface area contributed by atoms with E-state index in [-0.39, 0.29) is 11.7 Å². The van der Waals surface area contributed by atoms with Crippen molar-refractivity contribution in [3.8, 4) is 0 Å². The average molecular weight is 185 g/mol. The lowest BCUT2D eigenvalue weighted by molar-refractivity contribution is -0.00574. The predicted octanol–water partition coefficient (Wildman–Crippen LogP) is 2.41. The van der Waals surface area contributed by atoms with Gasteiger partial charge in [-0.2, -0.15) is 0 Å². The molecule has 1 saturated heterocycles. The van der Waals surface area contributed by atoms with Crippen LogP contribution in [0.2, 0.25) is 0 Å². The van der Waals surface area contributed by atoms with Gasteiger partial charge in [0.25, 0.3) is 0 Å². The number of likely N-dealkylation sites (tertiary alicyclic amines) is 1. The minimum Gasteiger partial charge on any atom is -0.444 e. The number of hydrogen-bond acceptors (Lipinski definition) is 2. The Balaban J connectivity index is 2.40. The Morgan fingerprint density at radius 3 is 2.46 bits per heavy atom. The first-order valence-corrected chi connectivity index (χ1v) is 4.93. The van der Waals surface area contributed by atoms with Gasteiger partial charge in [-0.3, -0.25) is 0 Å². The second-order valence-corrected chi connectivity index (χ2v) is 4.52. The highest BCUT2D eigenvalue weighted by Crippen LogP contribution is 2.22. The largest absolute Gasteiger partial charge is 0.444 e. The molecule has 0 aromatic heterocycles. The molecule has 0 bridgehead atoms. The van der Waals surface area contributed by atoms with Crippen molar-refractivity contribution in [2.45, 2.75) is 52.2 Å². The van der Waals surface area contributed by atoms with Gasteiger partial charge in [-0.1, -0.05) is 6.92 Å². The summed E-state index contributed by atoms with van der Waals surface area (Å²) in [7, 11) is 0. The quantitative estimate of drug-likeness (QED) is 0.627. The molecule has 1 atom stereocenters. The minimum absolute atomic E-state index is 0.161. The van der Waals surface area contributed by atoms with Crippen molar-refractivity contribution in [2.75, 3.05) is 6.54 Å². The summed E-state index contributed by atoms with van der Waals surface area (Å²) in [5.74, 6) is 0. The van der Waals surface area contributed by atoms with Crippen LogP contribution in [-0.4, -0.2) is 29.2 Å². The lowest BCUT2D eigenvalue weighted by Gasteiger charge is -2.40. The molecule has 1 unspecified atom stereocenters. The van der Waals surface area contributed by atoms with Crippen molar-refractivity contribution in [3.63, 3.8) is 0 Å². The second-order valence-electron chi connectivity index (χ2n) is 4.52. The van der Waals surface area contributed by atoms with Crippen molar-refractivity contribution < 1.29 is 9.53 Å². The third kappa shape index (κ3) is 2.61. The maximum Gasteiger partial charge on any atom is 0.410 e. The molecule has 0 N–H and O–H groups in total. The van der Waals surface area contributed by atoms with Gasteiger partial charge in [-0.15, -0.1) is 0 Å². The van der Waals surface area contributed by atoms with Crippen LogP contribution in [0.25, 0.3) is 0 Å². The zero-order valence-corrected chi connectivity index (χ0v) is 8.96. The molecule has 0 aromatic rings. The summed E-state index contributed by atoms with van der Waals surface area (Å²) in [5, 5.41) is 0. The summed E-state index contributed by atoms with van der Waals surface area (Å²) in [6.07, 6.45) is 1.99. The summed E-state index contributed by atoms with van der Waals surface area (Å²) >= 11 is 0. The Morgan fingerprint density at radius 2 is 2.15 bits per heavy atom. The first-order chi connectivity index (χ1) is 5.94. The van der Waals surface area contributed by atoms with E-state index in [2.05, 4.69) is 6.92 Å². The Labute approximate surface area is 80.1 Å². The average Bonchev–Trinajstić information content (AvgIpc) is 1.80. The van der Waals surface area contributed by atoms with Gasteiger partial charge in [-0.25, -0.2) is 4.79 Å². The number of amides is 1. The summed E-state index contributed by atoms with van der Waals surface area (Å²) < 4.78 is 5.26. The van der Waals surface area contributed by atoms with Gasteiger partial charge in [0.1, 0.15) is 5.60 Å². The molecule has 13 heavy (non-hydrogen) atoms.